The first-order chi connectivity index (χ1) is 15.5. The van der Waals surface area contributed by atoms with Gasteiger partial charge in [0, 0.05) is 29.1 Å². The number of carbonyl (C=O) groups excluding carboxylic acids is 2. The van der Waals surface area contributed by atoms with Crippen molar-refractivity contribution in [3.63, 3.8) is 0 Å². The Hall–Kier alpha value is -4.26. The molecule has 1 unspecified atom stereocenters. The number of nitrogens with one attached hydrogen (secondary N) is 2. The van der Waals surface area contributed by atoms with Crippen LogP contribution in [0.5, 0.6) is 0 Å². The molecular formula is C25H19FN4O2. The van der Waals surface area contributed by atoms with Crippen molar-refractivity contribution in [2.45, 2.75) is 6.17 Å². The van der Waals surface area contributed by atoms with Crippen molar-refractivity contribution < 1.29 is 14.0 Å². The van der Waals surface area contributed by atoms with Gasteiger partial charge in [-0.25, -0.2) is 9.38 Å². The fourth-order valence-corrected chi connectivity index (χ4v) is 3.93. The van der Waals surface area contributed by atoms with Crippen LogP contribution < -0.4 is 10.6 Å². The van der Waals surface area contributed by atoms with Gasteiger partial charge in [0.15, 0.2) is 0 Å². The van der Waals surface area contributed by atoms with Crippen molar-refractivity contribution >= 4 is 34.1 Å². The number of hydrogen-bond donors (Lipinski definition) is 2. The van der Waals surface area contributed by atoms with Crippen LogP contribution in [-0.4, -0.2) is 28.3 Å². The zero-order valence-corrected chi connectivity index (χ0v) is 17.2. The fraction of sp³-hybridized carbons (Fsp3) is 0.0800. The summed E-state index contributed by atoms with van der Waals surface area (Å²) in [5.74, 6) is -1.42. The van der Waals surface area contributed by atoms with Crippen LogP contribution in [0.15, 0.2) is 83.9 Å². The van der Waals surface area contributed by atoms with Crippen molar-refractivity contribution in [2.24, 2.45) is 12.0 Å². The minimum absolute atomic E-state index is 0.250. The number of halogens is 1. The van der Waals surface area contributed by atoms with Crippen LogP contribution in [0.4, 0.5) is 10.1 Å². The standard InChI is InChI=1S/C25H19FN4O2/c1-30-20-13-7-2-8-15(20)14-21(30)24(31)29-23-25(32)27-19-12-6-4-10-17(19)22(28-23)16-9-3-5-11-18(16)26/h2-14,23H,1H3,(H,27,32)(H,29,31). The number of para-hydroxylation sites is 2. The molecule has 2 N–H and O–H groups in total. The van der Waals surface area contributed by atoms with Gasteiger partial charge in [-0.3, -0.25) is 9.59 Å². The van der Waals surface area contributed by atoms with Crippen LogP contribution in [0.2, 0.25) is 0 Å². The van der Waals surface area contributed by atoms with Crippen molar-refractivity contribution in [1.29, 1.82) is 0 Å². The first kappa shape index (κ1) is 19.7. The number of carbonyl (C=O) groups is 2. The lowest BCUT2D eigenvalue weighted by Gasteiger charge is -2.14. The quantitative estimate of drug-likeness (QED) is 0.522. The van der Waals surface area contributed by atoms with Gasteiger partial charge < -0.3 is 15.2 Å². The van der Waals surface area contributed by atoms with E-state index < -0.39 is 23.8 Å². The molecule has 0 fully saturated rings. The molecule has 7 heteroatoms. The zero-order valence-electron chi connectivity index (χ0n) is 17.2. The number of benzene rings is 3. The molecule has 0 aliphatic carbocycles. The summed E-state index contributed by atoms with van der Waals surface area (Å²) in [5, 5.41) is 6.40. The number of amides is 2. The molecule has 0 saturated heterocycles. The van der Waals surface area contributed by atoms with Crippen LogP contribution >= 0.6 is 0 Å². The second kappa shape index (κ2) is 7.77. The lowest BCUT2D eigenvalue weighted by molar-refractivity contribution is -0.117. The van der Waals surface area contributed by atoms with Gasteiger partial charge >= 0.3 is 0 Å². The van der Waals surface area contributed by atoms with E-state index in [0.717, 1.165) is 10.9 Å². The molecule has 2 amide bonds. The third-order valence-electron chi connectivity index (χ3n) is 5.53. The Morgan fingerprint density at radius 1 is 1.00 bits per heavy atom. The van der Waals surface area contributed by atoms with E-state index in [1.807, 2.05) is 24.3 Å². The van der Waals surface area contributed by atoms with Gasteiger partial charge in [0.2, 0.25) is 6.17 Å². The van der Waals surface area contributed by atoms with E-state index in [1.165, 1.54) is 6.07 Å². The number of aryl methyl sites for hydroxylation is 1. The summed E-state index contributed by atoms with van der Waals surface area (Å²) in [6.45, 7) is 0. The first-order valence-corrected chi connectivity index (χ1v) is 10.1. The topological polar surface area (TPSA) is 75.5 Å². The van der Waals surface area contributed by atoms with Crippen LogP contribution in [0.3, 0.4) is 0 Å². The number of anilines is 1. The highest BCUT2D eigenvalue weighted by molar-refractivity contribution is 6.20. The number of aliphatic imine (C=N–C) groups is 1. The third kappa shape index (κ3) is 3.33. The highest BCUT2D eigenvalue weighted by Gasteiger charge is 2.29. The molecule has 1 atom stereocenters. The average molecular weight is 426 g/mol. The molecule has 0 saturated carbocycles. The summed E-state index contributed by atoms with van der Waals surface area (Å²) in [6.07, 6.45) is -1.23. The van der Waals surface area contributed by atoms with E-state index in [2.05, 4.69) is 15.6 Å². The van der Waals surface area contributed by atoms with Crippen LogP contribution in [0.25, 0.3) is 10.9 Å². The van der Waals surface area contributed by atoms with Crippen molar-refractivity contribution in [2.75, 3.05) is 5.32 Å². The molecule has 5 rings (SSSR count). The second-order valence-electron chi connectivity index (χ2n) is 7.52. The predicted molar refractivity (Wildman–Crippen MR) is 121 cm³/mol. The van der Waals surface area contributed by atoms with Crippen LogP contribution in [0, 0.1) is 5.82 Å². The predicted octanol–water partition coefficient (Wildman–Crippen LogP) is 3.86. The molecule has 1 aliphatic heterocycles. The normalized spacial score (nSPS) is 15.5. The number of hydrogen-bond acceptors (Lipinski definition) is 3. The molecule has 158 valence electrons. The van der Waals surface area contributed by atoms with Crippen LogP contribution in [-0.2, 0) is 11.8 Å². The SMILES string of the molecule is Cn1c(C(=O)NC2N=C(c3ccccc3F)c3ccccc3NC2=O)cc2ccccc21. The van der Waals surface area contributed by atoms with Crippen molar-refractivity contribution in [3.8, 4) is 0 Å². The van der Waals surface area contributed by atoms with Gasteiger partial charge in [0.1, 0.15) is 11.5 Å². The molecule has 3 aromatic carbocycles. The summed E-state index contributed by atoms with van der Waals surface area (Å²) < 4.78 is 16.4. The molecule has 32 heavy (non-hydrogen) atoms. The number of fused-ring (bicyclic) bond motifs is 2. The minimum atomic E-state index is -1.23. The molecule has 1 aliphatic rings. The van der Waals surface area contributed by atoms with Crippen molar-refractivity contribution in [1.82, 2.24) is 9.88 Å². The van der Waals surface area contributed by atoms with E-state index in [0.29, 0.717) is 22.7 Å². The smallest absolute Gasteiger partial charge is 0.269 e. The summed E-state index contributed by atoms with van der Waals surface area (Å²) in [6, 6.07) is 22.6. The fourth-order valence-electron chi connectivity index (χ4n) is 3.93. The summed E-state index contributed by atoms with van der Waals surface area (Å²) >= 11 is 0. The summed E-state index contributed by atoms with van der Waals surface area (Å²) in [5.41, 5.74) is 2.90. The van der Waals surface area contributed by atoms with Gasteiger partial charge in [-0.15, -0.1) is 0 Å². The highest BCUT2D eigenvalue weighted by atomic mass is 19.1. The molecule has 0 radical (unpaired) electrons. The third-order valence-corrected chi connectivity index (χ3v) is 5.53. The van der Waals surface area contributed by atoms with Crippen LogP contribution in [0.1, 0.15) is 21.6 Å². The maximum absolute atomic E-state index is 14.6. The Morgan fingerprint density at radius 3 is 2.47 bits per heavy atom. The van der Waals surface area contributed by atoms with E-state index in [9.17, 15) is 14.0 Å². The van der Waals surface area contributed by atoms with Gasteiger partial charge in [-0.1, -0.05) is 48.5 Å². The zero-order chi connectivity index (χ0) is 22.2. The van der Waals surface area contributed by atoms with E-state index in [4.69, 9.17) is 0 Å². The molecule has 0 spiro atoms. The maximum atomic E-state index is 14.6. The van der Waals surface area contributed by atoms with Gasteiger partial charge in [0.25, 0.3) is 11.8 Å². The Kier molecular flexibility index (Phi) is 4.78. The van der Waals surface area contributed by atoms with Gasteiger partial charge in [-0.05, 0) is 30.3 Å². The molecule has 6 nitrogen and oxygen atoms in total. The first-order valence-electron chi connectivity index (χ1n) is 10.1. The average Bonchev–Trinajstić information content (AvgIpc) is 3.07. The number of nitrogens with zero attached hydrogens (tertiary/aromatic N) is 2. The molecule has 2 heterocycles. The Balaban J connectivity index is 1.57. The van der Waals surface area contributed by atoms with E-state index >= 15 is 0 Å². The maximum Gasteiger partial charge on any atom is 0.269 e. The Bertz CT molecular complexity index is 1410. The molecule has 0 bridgehead atoms. The molecule has 4 aromatic rings. The monoisotopic (exact) mass is 426 g/mol. The largest absolute Gasteiger partial charge is 0.340 e. The summed E-state index contributed by atoms with van der Waals surface area (Å²) in [7, 11) is 1.79. The van der Waals surface area contributed by atoms with Gasteiger partial charge in [-0.2, -0.15) is 0 Å². The minimum Gasteiger partial charge on any atom is -0.340 e. The lowest BCUT2D eigenvalue weighted by Crippen LogP contribution is -2.42. The number of rotatable bonds is 3. The Morgan fingerprint density at radius 2 is 1.69 bits per heavy atom. The van der Waals surface area contributed by atoms with E-state index in [-0.39, 0.29) is 5.56 Å². The Labute approximate surface area is 183 Å². The number of benzodiazepines with no additional fused rings is 1. The molecule has 1 aromatic heterocycles. The van der Waals surface area contributed by atoms with Gasteiger partial charge in [0.05, 0.1) is 11.4 Å². The molecular weight excluding hydrogens is 407 g/mol. The second-order valence-corrected chi connectivity index (χ2v) is 7.52. The highest BCUT2D eigenvalue weighted by Crippen LogP contribution is 2.25. The van der Waals surface area contributed by atoms with Crippen molar-refractivity contribution in [3.05, 3.63) is 102 Å². The lowest BCUT2D eigenvalue weighted by atomic mass is 10.0. The summed E-state index contributed by atoms with van der Waals surface area (Å²) in [4.78, 5) is 30.5. The number of aromatic nitrogens is 1. The van der Waals surface area contributed by atoms with E-state index in [1.54, 1.807) is 60.1 Å².